The third-order valence-electron chi connectivity index (χ3n) is 3.23. The number of piperidine rings is 1. The molecule has 1 aliphatic rings. The second kappa shape index (κ2) is 6.29. The van der Waals surface area contributed by atoms with E-state index in [2.05, 4.69) is 10.6 Å². The molecule has 1 heterocycles. The van der Waals surface area contributed by atoms with Gasteiger partial charge >= 0.3 is 0 Å². The zero-order valence-corrected chi connectivity index (χ0v) is 10.6. The molecule has 1 atom stereocenters. The third-order valence-corrected chi connectivity index (χ3v) is 3.23. The fraction of sp³-hybridized carbons (Fsp3) is 0.462. The number of nitro groups is 1. The van der Waals surface area contributed by atoms with Crippen LogP contribution in [0.15, 0.2) is 24.3 Å². The van der Waals surface area contributed by atoms with E-state index in [1.54, 1.807) is 12.1 Å². The highest BCUT2D eigenvalue weighted by molar-refractivity contribution is 5.90. The quantitative estimate of drug-likeness (QED) is 0.642. The van der Waals surface area contributed by atoms with E-state index in [4.69, 9.17) is 0 Å². The maximum absolute atomic E-state index is 11.8. The molecule has 2 N–H and O–H groups in total. The summed E-state index contributed by atoms with van der Waals surface area (Å²) in [6, 6.07) is 5.87. The number of hydrogen-bond acceptors (Lipinski definition) is 4. The summed E-state index contributed by atoms with van der Waals surface area (Å²) in [6.07, 6.45) is 2.67. The van der Waals surface area contributed by atoms with E-state index in [1.807, 2.05) is 0 Å². The number of nitrogens with zero attached hydrogens (tertiary/aromatic N) is 1. The second-order valence-electron chi connectivity index (χ2n) is 4.77. The highest BCUT2D eigenvalue weighted by atomic mass is 16.6. The first-order chi connectivity index (χ1) is 9.15. The van der Waals surface area contributed by atoms with Crippen LogP contribution in [0.5, 0.6) is 0 Å². The molecule has 1 saturated heterocycles. The van der Waals surface area contributed by atoms with Crippen molar-refractivity contribution in [3.63, 3.8) is 0 Å². The molecule has 1 aromatic carbocycles. The Labute approximate surface area is 111 Å². The molecule has 6 heteroatoms. The van der Waals surface area contributed by atoms with Gasteiger partial charge in [0.2, 0.25) is 5.91 Å². The van der Waals surface area contributed by atoms with E-state index in [0.29, 0.717) is 18.0 Å². The molecule has 1 fully saturated rings. The lowest BCUT2D eigenvalue weighted by Crippen LogP contribution is -2.32. The first-order valence-corrected chi connectivity index (χ1v) is 6.40. The SMILES string of the molecule is O=C(CC1CCCNC1)Nc1ccc([N+](=O)[O-])cc1. The molecular weight excluding hydrogens is 246 g/mol. The Morgan fingerprint density at radius 1 is 1.42 bits per heavy atom. The molecule has 102 valence electrons. The maximum Gasteiger partial charge on any atom is 0.269 e. The van der Waals surface area contributed by atoms with Gasteiger partial charge in [0.25, 0.3) is 5.69 Å². The summed E-state index contributed by atoms with van der Waals surface area (Å²) in [7, 11) is 0. The minimum absolute atomic E-state index is 0.0227. The molecule has 0 saturated carbocycles. The van der Waals surface area contributed by atoms with Crippen molar-refractivity contribution in [3.05, 3.63) is 34.4 Å². The third kappa shape index (κ3) is 4.03. The molecule has 19 heavy (non-hydrogen) atoms. The number of carbonyl (C=O) groups is 1. The summed E-state index contributed by atoms with van der Waals surface area (Å²) in [5, 5.41) is 16.5. The normalized spacial score (nSPS) is 18.8. The van der Waals surface area contributed by atoms with Gasteiger partial charge in [-0.15, -0.1) is 0 Å². The highest BCUT2D eigenvalue weighted by Crippen LogP contribution is 2.18. The molecule has 1 unspecified atom stereocenters. The molecule has 0 bridgehead atoms. The number of rotatable bonds is 4. The van der Waals surface area contributed by atoms with Gasteiger partial charge in [-0.25, -0.2) is 0 Å². The molecule has 1 aliphatic heterocycles. The summed E-state index contributed by atoms with van der Waals surface area (Å²) in [6.45, 7) is 1.91. The zero-order valence-electron chi connectivity index (χ0n) is 10.6. The van der Waals surface area contributed by atoms with Crippen LogP contribution in [-0.4, -0.2) is 23.9 Å². The minimum atomic E-state index is -0.459. The van der Waals surface area contributed by atoms with Crippen molar-refractivity contribution in [2.75, 3.05) is 18.4 Å². The number of carbonyl (C=O) groups excluding carboxylic acids is 1. The Kier molecular flexibility index (Phi) is 4.46. The van der Waals surface area contributed by atoms with E-state index < -0.39 is 4.92 Å². The largest absolute Gasteiger partial charge is 0.326 e. The van der Waals surface area contributed by atoms with E-state index in [-0.39, 0.29) is 11.6 Å². The highest BCUT2D eigenvalue weighted by Gasteiger charge is 2.16. The van der Waals surface area contributed by atoms with Crippen LogP contribution in [0.4, 0.5) is 11.4 Å². The average molecular weight is 263 g/mol. The monoisotopic (exact) mass is 263 g/mol. The Balaban J connectivity index is 1.85. The zero-order chi connectivity index (χ0) is 13.7. The molecular formula is C13H17N3O3. The number of nitro benzene ring substituents is 1. The van der Waals surface area contributed by atoms with Crippen molar-refractivity contribution >= 4 is 17.3 Å². The van der Waals surface area contributed by atoms with Gasteiger partial charge in [0.15, 0.2) is 0 Å². The van der Waals surface area contributed by atoms with Crippen LogP contribution in [-0.2, 0) is 4.79 Å². The molecule has 1 amide bonds. The van der Waals surface area contributed by atoms with Crippen molar-refractivity contribution in [1.82, 2.24) is 5.32 Å². The molecule has 0 aromatic heterocycles. The van der Waals surface area contributed by atoms with Crippen LogP contribution in [0, 0.1) is 16.0 Å². The van der Waals surface area contributed by atoms with E-state index >= 15 is 0 Å². The lowest BCUT2D eigenvalue weighted by molar-refractivity contribution is -0.384. The van der Waals surface area contributed by atoms with Gasteiger partial charge < -0.3 is 10.6 Å². The predicted octanol–water partition coefficient (Wildman–Crippen LogP) is 1.92. The van der Waals surface area contributed by atoms with Gasteiger partial charge in [0.1, 0.15) is 0 Å². The molecule has 0 spiro atoms. The van der Waals surface area contributed by atoms with Gasteiger partial charge in [0, 0.05) is 24.2 Å². The van der Waals surface area contributed by atoms with Crippen molar-refractivity contribution in [2.24, 2.45) is 5.92 Å². The fourth-order valence-electron chi connectivity index (χ4n) is 2.24. The van der Waals surface area contributed by atoms with Gasteiger partial charge in [-0.1, -0.05) is 0 Å². The summed E-state index contributed by atoms with van der Waals surface area (Å²) >= 11 is 0. The smallest absolute Gasteiger partial charge is 0.269 e. The van der Waals surface area contributed by atoms with Crippen LogP contribution < -0.4 is 10.6 Å². The van der Waals surface area contributed by atoms with E-state index in [0.717, 1.165) is 25.9 Å². The lowest BCUT2D eigenvalue weighted by Gasteiger charge is -2.22. The first kappa shape index (κ1) is 13.5. The number of nitrogens with one attached hydrogen (secondary N) is 2. The fourth-order valence-corrected chi connectivity index (χ4v) is 2.24. The van der Waals surface area contributed by atoms with Crippen molar-refractivity contribution in [1.29, 1.82) is 0 Å². The van der Waals surface area contributed by atoms with E-state index in [9.17, 15) is 14.9 Å². The minimum Gasteiger partial charge on any atom is -0.326 e. The van der Waals surface area contributed by atoms with Crippen LogP contribution in [0.1, 0.15) is 19.3 Å². The van der Waals surface area contributed by atoms with Crippen molar-refractivity contribution < 1.29 is 9.72 Å². The Hall–Kier alpha value is -1.95. The number of benzene rings is 1. The molecule has 2 rings (SSSR count). The van der Waals surface area contributed by atoms with Gasteiger partial charge in [-0.05, 0) is 44.0 Å². The second-order valence-corrected chi connectivity index (χ2v) is 4.77. The van der Waals surface area contributed by atoms with Crippen molar-refractivity contribution in [2.45, 2.75) is 19.3 Å². The summed E-state index contributed by atoms with van der Waals surface area (Å²) < 4.78 is 0. The number of non-ortho nitro benzene ring substituents is 1. The summed E-state index contributed by atoms with van der Waals surface area (Å²) in [5.41, 5.74) is 0.619. The molecule has 0 aliphatic carbocycles. The summed E-state index contributed by atoms with van der Waals surface area (Å²) in [4.78, 5) is 21.9. The van der Waals surface area contributed by atoms with Gasteiger partial charge in [0.05, 0.1) is 4.92 Å². The van der Waals surface area contributed by atoms with Crippen LogP contribution >= 0.6 is 0 Å². The topological polar surface area (TPSA) is 84.3 Å². The maximum atomic E-state index is 11.8. The number of anilines is 1. The molecule has 1 aromatic rings. The Morgan fingerprint density at radius 2 is 2.16 bits per heavy atom. The van der Waals surface area contributed by atoms with Crippen LogP contribution in [0.3, 0.4) is 0 Å². The lowest BCUT2D eigenvalue weighted by atomic mass is 9.96. The molecule has 0 radical (unpaired) electrons. The summed E-state index contributed by atoms with van der Waals surface area (Å²) in [5.74, 6) is 0.342. The van der Waals surface area contributed by atoms with Crippen LogP contribution in [0.25, 0.3) is 0 Å². The predicted molar refractivity (Wildman–Crippen MR) is 71.9 cm³/mol. The molecule has 6 nitrogen and oxygen atoms in total. The standard InChI is InChI=1S/C13H17N3O3/c17-13(8-10-2-1-7-14-9-10)15-11-3-5-12(6-4-11)16(18)19/h3-6,10,14H,1-2,7-9H2,(H,15,17). The van der Waals surface area contributed by atoms with Crippen LogP contribution in [0.2, 0.25) is 0 Å². The number of hydrogen-bond donors (Lipinski definition) is 2. The number of amides is 1. The van der Waals surface area contributed by atoms with Gasteiger partial charge in [-0.3, -0.25) is 14.9 Å². The first-order valence-electron chi connectivity index (χ1n) is 6.40. The van der Waals surface area contributed by atoms with Gasteiger partial charge in [-0.2, -0.15) is 0 Å². The van der Waals surface area contributed by atoms with E-state index in [1.165, 1.54) is 12.1 Å². The Bertz CT molecular complexity index is 453. The average Bonchev–Trinajstić information content (AvgIpc) is 2.40. The Morgan fingerprint density at radius 3 is 2.74 bits per heavy atom. The van der Waals surface area contributed by atoms with Crippen molar-refractivity contribution in [3.8, 4) is 0 Å².